The number of rotatable bonds is 2. The molecule has 1 aliphatic rings. The molecule has 0 radical (unpaired) electrons. The molecule has 0 heterocycles. The van der Waals surface area contributed by atoms with Crippen molar-refractivity contribution in [2.45, 2.75) is 31.2 Å². The van der Waals surface area contributed by atoms with E-state index in [1.54, 1.807) is 0 Å². The van der Waals surface area contributed by atoms with Crippen LogP contribution in [0.4, 0.5) is 4.39 Å². The minimum Gasteiger partial charge on any atom is -0.321 e. The van der Waals surface area contributed by atoms with E-state index in [9.17, 15) is 4.39 Å². The first-order valence-corrected chi connectivity index (χ1v) is 7.69. The van der Waals surface area contributed by atoms with Gasteiger partial charge >= 0.3 is 0 Å². The Morgan fingerprint density at radius 2 is 2.00 bits per heavy atom. The van der Waals surface area contributed by atoms with Crippen molar-refractivity contribution in [2.24, 2.45) is 5.73 Å². The fourth-order valence-corrected chi connectivity index (χ4v) is 3.47. The van der Waals surface area contributed by atoms with E-state index in [0.717, 1.165) is 23.7 Å². The number of nitrogens with two attached hydrogens (primary N) is 1. The number of halogens is 2. The molecule has 0 bridgehead atoms. The molecule has 0 spiro atoms. The molecule has 1 aliphatic carbocycles. The number of aryl methyl sites for hydroxylation is 1. The van der Waals surface area contributed by atoms with E-state index >= 15 is 0 Å². The monoisotopic (exact) mass is 333 g/mol. The van der Waals surface area contributed by atoms with Crippen molar-refractivity contribution in [3.8, 4) is 0 Å². The maximum absolute atomic E-state index is 14.1. The second-order valence-electron chi connectivity index (χ2n) is 5.58. The predicted molar refractivity (Wildman–Crippen MR) is 83.0 cm³/mol. The van der Waals surface area contributed by atoms with Gasteiger partial charge in [-0.3, -0.25) is 0 Å². The van der Waals surface area contributed by atoms with Gasteiger partial charge in [0.05, 0.1) is 0 Å². The van der Waals surface area contributed by atoms with Gasteiger partial charge in [0, 0.05) is 10.0 Å². The van der Waals surface area contributed by atoms with Gasteiger partial charge in [-0.1, -0.05) is 46.3 Å². The summed E-state index contributed by atoms with van der Waals surface area (Å²) in [4.78, 5) is 0. The zero-order chi connectivity index (χ0) is 14.2. The van der Waals surface area contributed by atoms with Crippen molar-refractivity contribution in [1.29, 1.82) is 0 Å². The quantitative estimate of drug-likeness (QED) is 0.870. The van der Waals surface area contributed by atoms with Crippen molar-refractivity contribution < 1.29 is 4.39 Å². The molecule has 20 heavy (non-hydrogen) atoms. The molecule has 2 aromatic carbocycles. The standard InChI is InChI=1S/C17H17BrFN/c18-14-8-7-13(16(19)10-14)11-17(20)9-3-5-12-4-1-2-6-15(12)17/h1-2,4,6-8,10H,3,5,9,11,20H2. The van der Waals surface area contributed by atoms with Crippen LogP contribution in [0.15, 0.2) is 46.9 Å². The molecule has 0 saturated heterocycles. The Labute approximate surface area is 127 Å². The SMILES string of the molecule is NC1(Cc2ccc(Br)cc2F)CCCc2ccccc21. The average Bonchev–Trinajstić information content (AvgIpc) is 2.43. The second kappa shape index (κ2) is 5.30. The van der Waals surface area contributed by atoms with Crippen LogP contribution in [0.5, 0.6) is 0 Å². The second-order valence-corrected chi connectivity index (χ2v) is 6.50. The van der Waals surface area contributed by atoms with Gasteiger partial charge in [-0.2, -0.15) is 0 Å². The van der Waals surface area contributed by atoms with Gasteiger partial charge in [-0.25, -0.2) is 4.39 Å². The molecule has 1 atom stereocenters. The summed E-state index contributed by atoms with van der Waals surface area (Å²) in [7, 11) is 0. The van der Waals surface area contributed by atoms with Crippen LogP contribution in [0.3, 0.4) is 0 Å². The van der Waals surface area contributed by atoms with Crippen LogP contribution in [0, 0.1) is 5.82 Å². The summed E-state index contributed by atoms with van der Waals surface area (Å²) in [5.74, 6) is -0.188. The summed E-state index contributed by atoms with van der Waals surface area (Å²) < 4.78 is 14.8. The van der Waals surface area contributed by atoms with Crippen LogP contribution < -0.4 is 5.73 Å². The normalized spacial score (nSPS) is 21.6. The molecule has 2 N–H and O–H groups in total. The van der Waals surface area contributed by atoms with Crippen molar-refractivity contribution in [2.75, 3.05) is 0 Å². The Hall–Kier alpha value is -1.19. The molecule has 0 aromatic heterocycles. The summed E-state index contributed by atoms with van der Waals surface area (Å²) in [6.07, 6.45) is 3.58. The highest BCUT2D eigenvalue weighted by Crippen LogP contribution is 2.36. The molecule has 0 saturated carbocycles. The lowest BCUT2D eigenvalue weighted by Gasteiger charge is -2.36. The van der Waals surface area contributed by atoms with Crippen molar-refractivity contribution >= 4 is 15.9 Å². The highest BCUT2D eigenvalue weighted by atomic mass is 79.9. The van der Waals surface area contributed by atoms with E-state index < -0.39 is 5.54 Å². The molecule has 3 rings (SSSR count). The third-order valence-electron chi connectivity index (χ3n) is 4.14. The van der Waals surface area contributed by atoms with E-state index in [0.29, 0.717) is 12.0 Å². The first-order chi connectivity index (χ1) is 9.58. The van der Waals surface area contributed by atoms with Gasteiger partial charge in [-0.05, 0) is 54.5 Å². The summed E-state index contributed by atoms with van der Waals surface area (Å²) in [6, 6.07) is 13.5. The lowest BCUT2D eigenvalue weighted by molar-refractivity contribution is 0.364. The lowest BCUT2D eigenvalue weighted by atomic mass is 9.74. The summed E-state index contributed by atoms with van der Waals surface area (Å²) >= 11 is 3.29. The van der Waals surface area contributed by atoms with Crippen LogP contribution in [0.25, 0.3) is 0 Å². The number of hydrogen-bond donors (Lipinski definition) is 1. The third kappa shape index (κ3) is 2.52. The fraction of sp³-hybridized carbons (Fsp3) is 0.294. The zero-order valence-corrected chi connectivity index (χ0v) is 12.8. The highest BCUT2D eigenvalue weighted by molar-refractivity contribution is 9.10. The van der Waals surface area contributed by atoms with Crippen LogP contribution in [-0.2, 0) is 18.4 Å². The van der Waals surface area contributed by atoms with Crippen molar-refractivity contribution in [1.82, 2.24) is 0 Å². The number of fused-ring (bicyclic) bond motifs is 1. The topological polar surface area (TPSA) is 26.0 Å². The molecule has 3 heteroatoms. The highest BCUT2D eigenvalue weighted by Gasteiger charge is 2.33. The van der Waals surface area contributed by atoms with E-state index in [-0.39, 0.29) is 5.82 Å². The number of hydrogen-bond acceptors (Lipinski definition) is 1. The maximum atomic E-state index is 14.1. The lowest BCUT2D eigenvalue weighted by Crippen LogP contribution is -2.42. The summed E-state index contributed by atoms with van der Waals surface area (Å²) in [5.41, 5.74) is 9.34. The Bertz CT molecular complexity index is 641. The molecule has 0 fully saturated rings. The van der Waals surface area contributed by atoms with Gasteiger partial charge < -0.3 is 5.73 Å². The molecular formula is C17H17BrFN. The Morgan fingerprint density at radius 3 is 2.80 bits per heavy atom. The molecule has 2 aromatic rings. The Balaban J connectivity index is 1.98. The van der Waals surface area contributed by atoms with Gasteiger partial charge in [0.2, 0.25) is 0 Å². The summed E-state index contributed by atoms with van der Waals surface area (Å²) in [6.45, 7) is 0. The molecule has 0 amide bonds. The van der Waals surface area contributed by atoms with Crippen LogP contribution >= 0.6 is 15.9 Å². The minimum absolute atomic E-state index is 0.188. The molecule has 0 aliphatic heterocycles. The molecule has 104 valence electrons. The van der Waals surface area contributed by atoms with Crippen LogP contribution in [-0.4, -0.2) is 0 Å². The predicted octanol–water partition coefficient (Wildman–Crippen LogP) is 4.32. The van der Waals surface area contributed by atoms with Gasteiger partial charge in [0.1, 0.15) is 5.82 Å². The first-order valence-electron chi connectivity index (χ1n) is 6.90. The maximum Gasteiger partial charge on any atom is 0.127 e. The Morgan fingerprint density at radius 1 is 1.20 bits per heavy atom. The van der Waals surface area contributed by atoms with E-state index in [1.165, 1.54) is 17.2 Å². The smallest absolute Gasteiger partial charge is 0.127 e. The van der Waals surface area contributed by atoms with Crippen LogP contribution in [0.2, 0.25) is 0 Å². The fourth-order valence-electron chi connectivity index (χ4n) is 3.14. The molecule has 1 nitrogen and oxygen atoms in total. The Kier molecular flexibility index (Phi) is 3.65. The zero-order valence-electron chi connectivity index (χ0n) is 11.2. The molecule has 1 unspecified atom stereocenters. The summed E-state index contributed by atoms with van der Waals surface area (Å²) in [5, 5.41) is 0. The number of benzene rings is 2. The van der Waals surface area contributed by atoms with E-state index in [4.69, 9.17) is 5.73 Å². The average molecular weight is 334 g/mol. The first kappa shape index (κ1) is 13.8. The van der Waals surface area contributed by atoms with Crippen molar-refractivity contribution in [3.63, 3.8) is 0 Å². The van der Waals surface area contributed by atoms with E-state index in [2.05, 4.69) is 28.1 Å². The van der Waals surface area contributed by atoms with Crippen LogP contribution in [0.1, 0.15) is 29.5 Å². The van der Waals surface area contributed by atoms with Crippen molar-refractivity contribution in [3.05, 3.63) is 69.4 Å². The molecular weight excluding hydrogens is 317 g/mol. The van der Waals surface area contributed by atoms with E-state index in [1.807, 2.05) is 24.3 Å². The third-order valence-corrected chi connectivity index (χ3v) is 4.64. The largest absolute Gasteiger partial charge is 0.321 e. The van der Waals surface area contributed by atoms with Gasteiger partial charge in [-0.15, -0.1) is 0 Å². The van der Waals surface area contributed by atoms with Gasteiger partial charge in [0.15, 0.2) is 0 Å². The minimum atomic E-state index is -0.455. The van der Waals surface area contributed by atoms with Gasteiger partial charge in [0.25, 0.3) is 0 Å².